The van der Waals surface area contributed by atoms with Gasteiger partial charge in [0.05, 0.1) is 6.04 Å². The minimum Gasteiger partial charge on any atom is -0.371 e. The molecule has 0 radical (unpaired) electrons. The van der Waals surface area contributed by atoms with Crippen LogP contribution >= 0.6 is 0 Å². The van der Waals surface area contributed by atoms with Gasteiger partial charge in [0.25, 0.3) is 5.95 Å². The van der Waals surface area contributed by atoms with E-state index in [-0.39, 0.29) is 18.0 Å². The van der Waals surface area contributed by atoms with E-state index in [0.717, 1.165) is 4.90 Å². The summed E-state index contributed by atoms with van der Waals surface area (Å²) < 4.78 is 0. The Hall–Kier alpha value is -1.63. The number of carbonyl (C=O) groups excluding carboxylic acids is 1. The number of likely N-dealkylation sites (N-methyl/N-ethyl adjacent to an activating group) is 1. The molecule has 2 N–H and O–H groups in total. The Morgan fingerprint density at radius 2 is 2.36 bits per heavy atom. The zero-order valence-electron chi connectivity index (χ0n) is 7.88. The van der Waals surface area contributed by atoms with Gasteiger partial charge < -0.3 is 10.0 Å². The summed E-state index contributed by atoms with van der Waals surface area (Å²) in [6, 6.07) is -0.564. The number of rotatable bonds is 1. The standard InChI is InChI=1S/C7H11N5O2/c1-4-5(13)12(7(14)11(4)2)6-8-3-9-10-6/h3-5,13H,1-2H3,(H,8,9,10). The van der Waals surface area contributed by atoms with Crippen molar-refractivity contribution in [3.05, 3.63) is 6.33 Å². The molecule has 7 heteroatoms. The molecule has 2 heterocycles. The van der Waals surface area contributed by atoms with Gasteiger partial charge >= 0.3 is 6.03 Å². The number of hydrogen-bond acceptors (Lipinski definition) is 4. The van der Waals surface area contributed by atoms with Crippen LogP contribution in [-0.4, -0.2) is 50.5 Å². The van der Waals surface area contributed by atoms with E-state index in [1.54, 1.807) is 14.0 Å². The Labute approximate surface area is 80.3 Å². The van der Waals surface area contributed by atoms with E-state index < -0.39 is 6.23 Å². The minimum absolute atomic E-state index is 0.193. The Balaban J connectivity index is 2.33. The fraction of sp³-hybridized carbons (Fsp3) is 0.571. The highest BCUT2D eigenvalue weighted by molar-refractivity contribution is 5.93. The molecule has 14 heavy (non-hydrogen) atoms. The Kier molecular flexibility index (Phi) is 1.88. The van der Waals surface area contributed by atoms with Crippen molar-refractivity contribution >= 4 is 12.0 Å². The van der Waals surface area contributed by atoms with Crippen LogP contribution < -0.4 is 4.90 Å². The molecule has 2 rings (SSSR count). The molecular formula is C7H11N5O2. The summed E-state index contributed by atoms with van der Waals surface area (Å²) in [6.07, 6.45) is 0.460. The van der Waals surface area contributed by atoms with Gasteiger partial charge in [0.1, 0.15) is 6.33 Å². The number of carbonyl (C=O) groups is 1. The lowest BCUT2D eigenvalue weighted by Crippen LogP contribution is -2.36. The summed E-state index contributed by atoms with van der Waals surface area (Å²) in [5, 5.41) is 16.0. The molecule has 0 spiro atoms. The zero-order valence-corrected chi connectivity index (χ0v) is 7.88. The van der Waals surface area contributed by atoms with Crippen molar-refractivity contribution in [1.82, 2.24) is 20.1 Å². The van der Waals surface area contributed by atoms with Crippen LogP contribution in [0.5, 0.6) is 0 Å². The summed E-state index contributed by atoms with van der Waals surface area (Å²) in [6.45, 7) is 1.76. The quantitative estimate of drug-likeness (QED) is 0.628. The lowest BCUT2D eigenvalue weighted by atomic mass is 10.3. The molecule has 1 saturated heterocycles. The number of nitrogens with zero attached hydrogens (tertiary/aromatic N) is 4. The minimum atomic E-state index is -0.900. The highest BCUT2D eigenvalue weighted by Crippen LogP contribution is 2.22. The molecule has 1 fully saturated rings. The Morgan fingerprint density at radius 1 is 1.64 bits per heavy atom. The molecule has 76 valence electrons. The smallest absolute Gasteiger partial charge is 0.329 e. The number of anilines is 1. The number of aromatic amines is 1. The molecule has 0 aliphatic carbocycles. The van der Waals surface area contributed by atoms with Crippen molar-refractivity contribution < 1.29 is 9.90 Å². The first-order valence-electron chi connectivity index (χ1n) is 4.23. The first-order valence-corrected chi connectivity index (χ1v) is 4.23. The summed E-state index contributed by atoms with van der Waals surface area (Å²) >= 11 is 0. The molecule has 2 atom stereocenters. The predicted molar refractivity (Wildman–Crippen MR) is 47.5 cm³/mol. The maximum Gasteiger partial charge on any atom is 0.329 e. The summed E-state index contributed by atoms with van der Waals surface area (Å²) in [4.78, 5) is 18.0. The largest absolute Gasteiger partial charge is 0.371 e. The molecule has 2 amide bonds. The molecule has 0 bridgehead atoms. The maximum atomic E-state index is 11.6. The van der Waals surface area contributed by atoms with Gasteiger partial charge in [-0.1, -0.05) is 0 Å². The summed E-state index contributed by atoms with van der Waals surface area (Å²) in [7, 11) is 1.63. The van der Waals surface area contributed by atoms with Gasteiger partial charge in [-0.25, -0.2) is 14.7 Å². The zero-order chi connectivity index (χ0) is 10.3. The number of nitrogens with one attached hydrogen (secondary N) is 1. The van der Waals surface area contributed by atoms with Crippen molar-refractivity contribution in [2.75, 3.05) is 11.9 Å². The van der Waals surface area contributed by atoms with Crippen LogP contribution in [0, 0.1) is 0 Å². The van der Waals surface area contributed by atoms with Gasteiger partial charge in [0.15, 0.2) is 6.23 Å². The van der Waals surface area contributed by atoms with E-state index in [9.17, 15) is 9.90 Å². The molecular weight excluding hydrogens is 186 g/mol. The van der Waals surface area contributed by atoms with Crippen molar-refractivity contribution in [3.63, 3.8) is 0 Å². The van der Waals surface area contributed by atoms with Gasteiger partial charge in [-0.3, -0.25) is 5.10 Å². The van der Waals surface area contributed by atoms with Gasteiger partial charge in [-0.2, -0.15) is 0 Å². The van der Waals surface area contributed by atoms with Crippen molar-refractivity contribution in [1.29, 1.82) is 0 Å². The van der Waals surface area contributed by atoms with E-state index in [4.69, 9.17) is 0 Å². The molecule has 1 aliphatic rings. The van der Waals surface area contributed by atoms with Gasteiger partial charge in [0.2, 0.25) is 0 Å². The first-order chi connectivity index (χ1) is 6.63. The average molecular weight is 197 g/mol. The fourth-order valence-corrected chi connectivity index (χ4v) is 1.40. The van der Waals surface area contributed by atoms with Crippen LogP contribution in [0.1, 0.15) is 6.92 Å². The van der Waals surface area contributed by atoms with E-state index in [0.29, 0.717) is 0 Å². The van der Waals surface area contributed by atoms with Gasteiger partial charge in [-0.15, -0.1) is 5.10 Å². The Morgan fingerprint density at radius 3 is 2.79 bits per heavy atom. The predicted octanol–water partition coefficient (Wildman–Crippen LogP) is -0.617. The van der Waals surface area contributed by atoms with Crippen LogP contribution in [0.4, 0.5) is 10.7 Å². The number of amides is 2. The van der Waals surface area contributed by atoms with E-state index in [2.05, 4.69) is 15.2 Å². The summed E-state index contributed by atoms with van der Waals surface area (Å²) in [5.74, 6) is 0.193. The number of aromatic nitrogens is 3. The molecule has 2 unspecified atom stereocenters. The number of aliphatic hydroxyl groups excluding tert-OH is 1. The fourth-order valence-electron chi connectivity index (χ4n) is 1.40. The number of H-pyrrole nitrogens is 1. The Bertz CT molecular complexity index is 338. The third-order valence-electron chi connectivity index (χ3n) is 2.43. The first kappa shape index (κ1) is 8.95. The molecule has 0 aromatic carbocycles. The van der Waals surface area contributed by atoms with Gasteiger partial charge in [-0.05, 0) is 6.92 Å². The molecule has 1 aromatic heterocycles. The number of aliphatic hydroxyl groups is 1. The second-order valence-electron chi connectivity index (χ2n) is 3.22. The van der Waals surface area contributed by atoms with E-state index >= 15 is 0 Å². The van der Waals surface area contributed by atoms with Crippen molar-refractivity contribution in [3.8, 4) is 0 Å². The second-order valence-corrected chi connectivity index (χ2v) is 3.22. The van der Waals surface area contributed by atoms with Crippen LogP contribution in [0.15, 0.2) is 6.33 Å². The highest BCUT2D eigenvalue weighted by atomic mass is 16.3. The number of hydrogen-bond donors (Lipinski definition) is 2. The van der Waals surface area contributed by atoms with Crippen LogP contribution in [-0.2, 0) is 0 Å². The number of urea groups is 1. The van der Waals surface area contributed by atoms with Crippen LogP contribution in [0.2, 0.25) is 0 Å². The SMILES string of the molecule is CC1C(O)N(c2nc[nH]n2)C(=O)N1C. The monoisotopic (exact) mass is 197 g/mol. The molecule has 1 aromatic rings. The molecule has 1 aliphatic heterocycles. The topological polar surface area (TPSA) is 85.3 Å². The van der Waals surface area contributed by atoms with E-state index in [1.807, 2.05) is 0 Å². The van der Waals surface area contributed by atoms with E-state index in [1.165, 1.54) is 11.2 Å². The molecule has 0 saturated carbocycles. The maximum absolute atomic E-state index is 11.6. The highest BCUT2D eigenvalue weighted by Gasteiger charge is 2.42. The van der Waals surface area contributed by atoms with Crippen LogP contribution in [0.25, 0.3) is 0 Å². The lowest BCUT2D eigenvalue weighted by molar-refractivity contribution is 0.137. The third kappa shape index (κ3) is 1.06. The van der Waals surface area contributed by atoms with Crippen LogP contribution in [0.3, 0.4) is 0 Å². The second kappa shape index (κ2) is 2.95. The average Bonchev–Trinajstić information content (AvgIpc) is 2.73. The molecule has 7 nitrogen and oxygen atoms in total. The van der Waals surface area contributed by atoms with Crippen molar-refractivity contribution in [2.45, 2.75) is 19.2 Å². The van der Waals surface area contributed by atoms with Gasteiger partial charge in [0, 0.05) is 7.05 Å². The van der Waals surface area contributed by atoms with Crippen molar-refractivity contribution in [2.24, 2.45) is 0 Å². The summed E-state index contributed by atoms with van der Waals surface area (Å²) in [5.41, 5.74) is 0. The normalized spacial score (nSPS) is 27.5. The third-order valence-corrected chi connectivity index (χ3v) is 2.43. The lowest BCUT2D eigenvalue weighted by Gasteiger charge is -2.15.